The van der Waals surface area contributed by atoms with Gasteiger partial charge in [-0.2, -0.15) is 13.9 Å². The Morgan fingerprint density at radius 3 is 2.85 bits per heavy atom. The predicted octanol–water partition coefficient (Wildman–Crippen LogP) is 2.75. The highest BCUT2D eigenvalue weighted by Gasteiger charge is 2.56. The molecule has 0 aliphatic carbocycles. The minimum Gasteiger partial charge on any atom is -0.478 e. The lowest BCUT2D eigenvalue weighted by molar-refractivity contribution is -0.300. The molecule has 0 spiro atoms. The van der Waals surface area contributed by atoms with Crippen molar-refractivity contribution in [3.05, 3.63) is 47.9 Å². The van der Waals surface area contributed by atoms with Crippen molar-refractivity contribution in [3.8, 4) is 5.75 Å². The molecular weight excluding hydrogens is 436 g/mol. The lowest BCUT2D eigenvalue weighted by Crippen LogP contribution is -2.50. The first-order valence-corrected chi connectivity index (χ1v) is 10.5. The van der Waals surface area contributed by atoms with Gasteiger partial charge in [0.25, 0.3) is 5.91 Å². The molecule has 2 aliphatic heterocycles. The molecule has 0 saturated carbocycles. The zero-order valence-corrected chi connectivity index (χ0v) is 18.2. The normalized spacial score (nSPS) is 20.5. The van der Waals surface area contributed by atoms with Crippen molar-refractivity contribution in [1.82, 2.24) is 14.6 Å². The summed E-state index contributed by atoms with van der Waals surface area (Å²) in [6.07, 6.45) is 1.15. The summed E-state index contributed by atoms with van der Waals surface area (Å²) in [6.45, 7) is 3.52. The second-order valence-electron chi connectivity index (χ2n) is 8.21. The van der Waals surface area contributed by atoms with Crippen molar-refractivity contribution in [2.75, 3.05) is 43.6 Å². The number of benzene rings is 1. The van der Waals surface area contributed by atoms with Gasteiger partial charge in [-0.05, 0) is 19.1 Å². The van der Waals surface area contributed by atoms with E-state index >= 15 is 0 Å². The second-order valence-corrected chi connectivity index (χ2v) is 8.21. The number of halogens is 2. The fourth-order valence-corrected chi connectivity index (χ4v) is 4.21. The van der Waals surface area contributed by atoms with E-state index in [-0.39, 0.29) is 6.42 Å². The lowest BCUT2D eigenvalue weighted by Gasteiger charge is -2.32. The van der Waals surface area contributed by atoms with Gasteiger partial charge in [0.05, 0.1) is 30.8 Å². The summed E-state index contributed by atoms with van der Waals surface area (Å²) in [5, 5.41) is 7.08. The molecule has 1 aromatic carbocycles. The summed E-state index contributed by atoms with van der Waals surface area (Å²) in [7, 11) is 0.951. The first kappa shape index (κ1) is 21.5. The van der Waals surface area contributed by atoms with Gasteiger partial charge >= 0.3 is 6.11 Å². The third-order valence-electron chi connectivity index (χ3n) is 6.04. The Kier molecular flexibility index (Phi) is 5.17. The molecule has 1 N–H and O–H groups in total. The number of ether oxygens (including phenoxy) is 3. The third-order valence-corrected chi connectivity index (χ3v) is 6.04. The molecule has 11 heteroatoms. The Bertz CT molecular complexity index is 1210. The lowest BCUT2D eigenvalue weighted by atomic mass is 9.97. The Balaban J connectivity index is 1.52. The first-order chi connectivity index (χ1) is 15.8. The summed E-state index contributed by atoms with van der Waals surface area (Å²) >= 11 is 0. The maximum atomic E-state index is 14.4. The maximum Gasteiger partial charge on any atom is 0.395 e. The molecule has 33 heavy (non-hydrogen) atoms. The summed E-state index contributed by atoms with van der Waals surface area (Å²) in [5.41, 5.74) is 0.570. The molecule has 0 unspecified atom stereocenters. The Labute approximate surface area is 188 Å². The molecule has 4 heterocycles. The highest BCUT2D eigenvalue weighted by atomic mass is 19.3. The molecular formula is C22H23F2N5O4. The van der Waals surface area contributed by atoms with Gasteiger partial charge in [0.1, 0.15) is 11.3 Å². The highest BCUT2D eigenvalue weighted by Crippen LogP contribution is 2.47. The van der Waals surface area contributed by atoms with E-state index in [0.29, 0.717) is 60.2 Å². The topological polar surface area (TPSA) is 90.2 Å². The minimum atomic E-state index is -3.49. The van der Waals surface area contributed by atoms with Crippen LogP contribution in [0.2, 0.25) is 0 Å². The van der Waals surface area contributed by atoms with Crippen LogP contribution >= 0.6 is 0 Å². The number of nitrogens with one attached hydrogen (secondary N) is 1. The van der Waals surface area contributed by atoms with Gasteiger partial charge in [0, 0.05) is 50.6 Å². The van der Waals surface area contributed by atoms with E-state index in [1.54, 1.807) is 30.6 Å². The molecule has 1 saturated heterocycles. The van der Waals surface area contributed by atoms with Crippen LogP contribution in [0.25, 0.3) is 5.65 Å². The molecule has 3 aromatic rings. The molecule has 0 radical (unpaired) electrons. The Morgan fingerprint density at radius 2 is 2.09 bits per heavy atom. The van der Waals surface area contributed by atoms with E-state index in [4.69, 9.17) is 9.47 Å². The van der Waals surface area contributed by atoms with Crippen LogP contribution in [-0.4, -0.2) is 65.6 Å². The quantitative estimate of drug-likeness (QED) is 0.628. The number of alkyl halides is 2. The molecule has 1 fully saturated rings. The maximum absolute atomic E-state index is 14.4. The van der Waals surface area contributed by atoms with E-state index in [1.807, 2.05) is 4.90 Å². The molecule has 2 aromatic heterocycles. The number of anilines is 2. The molecule has 174 valence electrons. The number of methoxy groups -OCH3 is 1. The number of amides is 1. The number of aromatic nitrogens is 3. The number of carbonyl (C=O) groups is 1. The number of rotatable bonds is 5. The van der Waals surface area contributed by atoms with Gasteiger partial charge in [-0.25, -0.2) is 9.50 Å². The van der Waals surface area contributed by atoms with Crippen LogP contribution in [0.3, 0.4) is 0 Å². The molecule has 1 amide bonds. The summed E-state index contributed by atoms with van der Waals surface area (Å²) in [4.78, 5) is 19.4. The number of morpholine rings is 1. The van der Waals surface area contributed by atoms with E-state index in [9.17, 15) is 13.6 Å². The van der Waals surface area contributed by atoms with Crippen LogP contribution < -0.4 is 15.0 Å². The molecule has 1 atom stereocenters. The number of hydrogen-bond donors (Lipinski definition) is 1. The highest BCUT2D eigenvalue weighted by molar-refractivity contribution is 6.09. The van der Waals surface area contributed by atoms with E-state index in [2.05, 4.69) is 20.1 Å². The smallest absolute Gasteiger partial charge is 0.395 e. The SMILES string of the molecule is COC(F)(F)[C@]1(C)Cc2cc(NC(=O)c3cnn4cccnc34)c(N3CCOCC3)cc2O1. The van der Waals surface area contributed by atoms with Crippen molar-refractivity contribution in [2.45, 2.75) is 25.1 Å². The Hall–Kier alpha value is -3.31. The monoisotopic (exact) mass is 459 g/mol. The van der Waals surface area contributed by atoms with Crippen LogP contribution in [0.4, 0.5) is 20.2 Å². The zero-order chi connectivity index (χ0) is 23.2. The summed E-state index contributed by atoms with van der Waals surface area (Å²) in [5.74, 6) is -0.0616. The fourth-order valence-electron chi connectivity index (χ4n) is 4.21. The molecule has 5 rings (SSSR count). The largest absolute Gasteiger partial charge is 0.478 e. The number of carbonyl (C=O) groups excluding carboxylic acids is 1. The van der Waals surface area contributed by atoms with Gasteiger partial charge in [0.2, 0.25) is 5.60 Å². The third kappa shape index (κ3) is 3.66. The van der Waals surface area contributed by atoms with Gasteiger partial charge in [-0.3, -0.25) is 4.79 Å². The second kappa shape index (κ2) is 7.92. The van der Waals surface area contributed by atoms with Crippen LogP contribution in [0, 0.1) is 0 Å². The standard InChI is InChI=1S/C22H23F2N5O4/c1-21(22(23,24)31-2)12-14-10-16(17(11-18(14)33-21)28-6-8-32-9-7-28)27-20(30)15-13-26-29-5-3-4-25-19(15)29/h3-5,10-11,13H,6-9,12H2,1-2H3,(H,27,30)/t21-/m0/s1. The van der Waals surface area contributed by atoms with Crippen molar-refractivity contribution < 1.29 is 27.8 Å². The average molecular weight is 459 g/mol. The molecule has 0 bridgehead atoms. The van der Waals surface area contributed by atoms with E-state index in [1.165, 1.54) is 17.6 Å². The van der Waals surface area contributed by atoms with Crippen molar-refractivity contribution in [2.24, 2.45) is 0 Å². The molecule has 9 nitrogen and oxygen atoms in total. The number of hydrogen-bond acceptors (Lipinski definition) is 7. The van der Waals surface area contributed by atoms with Gasteiger partial charge in [0.15, 0.2) is 5.65 Å². The van der Waals surface area contributed by atoms with Crippen LogP contribution in [0.1, 0.15) is 22.8 Å². The van der Waals surface area contributed by atoms with Gasteiger partial charge < -0.3 is 24.4 Å². The number of fused-ring (bicyclic) bond motifs is 2. The van der Waals surface area contributed by atoms with Gasteiger partial charge in [-0.1, -0.05) is 0 Å². The van der Waals surface area contributed by atoms with E-state index < -0.39 is 17.6 Å². The Morgan fingerprint density at radius 1 is 1.30 bits per heavy atom. The predicted molar refractivity (Wildman–Crippen MR) is 115 cm³/mol. The minimum absolute atomic E-state index is 0.0757. The molecule has 2 aliphatic rings. The fraction of sp³-hybridized carbons (Fsp3) is 0.409. The summed E-state index contributed by atoms with van der Waals surface area (Å²) < 4.78 is 46.0. The van der Waals surface area contributed by atoms with Crippen LogP contribution in [0.5, 0.6) is 5.75 Å². The van der Waals surface area contributed by atoms with Crippen molar-refractivity contribution in [3.63, 3.8) is 0 Å². The zero-order valence-electron chi connectivity index (χ0n) is 18.2. The van der Waals surface area contributed by atoms with Crippen molar-refractivity contribution in [1.29, 1.82) is 0 Å². The van der Waals surface area contributed by atoms with Crippen LogP contribution in [-0.2, 0) is 15.9 Å². The summed E-state index contributed by atoms with van der Waals surface area (Å²) in [6, 6.07) is 5.10. The van der Waals surface area contributed by atoms with E-state index in [0.717, 1.165) is 7.11 Å². The first-order valence-electron chi connectivity index (χ1n) is 10.5. The average Bonchev–Trinajstić information content (AvgIpc) is 3.40. The van der Waals surface area contributed by atoms with Gasteiger partial charge in [-0.15, -0.1) is 0 Å². The van der Waals surface area contributed by atoms with Crippen LogP contribution in [0.15, 0.2) is 36.8 Å². The number of nitrogens with zero attached hydrogens (tertiary/aromatic N) is 4. The van der Waals surface area contributed by atoms with Crippen molar-refractivity contribution >= 4 is 22.9 Å².